The quantitative estimate of drug-likeness (QED) is 0.243. The number of aromatic nitrogens is 5. The first-order valence-corrected chi connectivity index (χ1v) is 12.0. The number of carbonyl (C=O) groups is 2. The molecule has 1 aliphatic heterocycles. The molecular weight excluding hydrogens is 542 g/mol. The van der Waals surface area contributed by atoms with Gasteiger partial charge in [0.15, 0.2) is 17.3 Å². The van der Waals surface area contributed by atoms with Crippen LogP contribution in [0, 0.1) is 0 Å². The topological polar surface area (TPSA) is 147 Å². The van der Waals surface area contributed by atoms with E-state index < -0.39 is 0 Å². The number of halogens is 1. The number of fused-ring (bicyclic) bond motifs is 2. The normalized spacial score (nSPS) is 12.0. The van der Waals surface area contributed by atoms with Crippen molar-refractivity contribution in [1.82, 2.24) is 25.6 Å². The molecule has 3 heterocycles. The van der Waals surface area contributed by atoms with E-state index in [-0.39, 0.29) is 25.0 Å². The summed E-state index contributed by atoms with van der Waals surface area (Å²) in [6.45, 7) is 0.177. The monoisotopic (exact) mass is 559 g/mol. The molecule has 2 amide bonds. The van der Waals surface area contributed by atoms with Crippen LogP contribution in [0.3, 0.4) is 0 Å². The van der Waals surface area contributed by atoms with E-state index in [1.54, 1.807) is 36.4 Å². The maximum atomic E-state index is 13.1. The highest BCUT2D eigenvalue weighted by Gasteiger charge is 2.18. The Hall–Kier alpha value is -4.71. The highest BCUT2D eigenvalue weighted by molar-refractivity contribution is 9.10. The van der Waals surface area contributed by atoms with Crippen molar-refractivity contribution >= 4 is 50.0 Å². The summed E-state index contributed by atoms with van der Waals surface area (Å²) in [5, 5.41) is 20.5. The maximum absolute atomic E-state index is 13.1. The van der Waals surface area contributed by atoms with Crippen molar-refractivity contribution in [3.8, 4) is 22.9 Å². The zero-order chi connectivity index (χ0) is 25.4. The van der Waals surface area contributed by atoms with Crippen molar-refractivity contribution in [2.45, 2.75) is 6.42 Å². The van der Waals surface area contributed by atoms with Crippen LogP contribution >= 0.6 is 15.9 Å². The van der Waals surface area contributed by atoms with Gasteiger partial charge >= 0.3 is 0 Å². The van der Waals surface area contributed by atoms with Crippen LogP contribution in [0.4, 0.5) is 11.4 Å². The fourth-order valence-electron chi connectivity index (χ4n) is 4.10. The molecule has 0 fully saturated rings. The van der Waals surface area contributed by atoms with Crippen molar-refractivity contribution in [2.75, 3.05) is 17.4 Å². The fraction of sp³-hybridized carbons (Fsp3) is 0.0800. The number of anilines is 2. The van der Waals surface area contributed by atoms with Gasteiger partial charge < -0.3 is 25.1 Å². The summed E-state index contributed by atoms with van der Waals surface area (Å²) in [5.41, 5.74) is 3.49. The number of para-hydroxylation sites is 1. The maximum Gasteiger partial charge on any atom is 0.272 e. The lowest BCUT2D eigenvalue weighted by Gasteiger charge is -2.09. The third-order valence-electron chi connectivity index (χ3n) is 5.81. The zero-order valence-corrected chi connectivity index (χ0v) is 20.6. The second-order valence-electron chi connectivity index (χ2n) is 8.26. The lowest BCUT2D eigenvalue weighted by molar-refractivity contribution is -0.115. The second kappa shape index (κ2) is 9.39. The SMILES string of the molecule is O=C(Cc1ccc2c(c1)OCO2)Nc1cccc2cc(C(=O)Nc3ccc(Br)cc3-c3nnn[nH]3)[nH]c12. The molecular formula is C25H18BrN7O4. The van der Waals surface area contributed by atoms with E-state index in [0.29, 0.717) is 45.5 Å². The van der Waals surface area contributed by atoms with Gasteiger partial charge in [-0.3, -0.25) is 9.59 Å². The van der Waals surface area contributed by atoms with Crippen molar-refractivity contribution < 1.29 is 19.1 Å². The Balaban J connectivity index is 1.21. The standard InChI is InChI=1S/C25H18BrN7O4/c26-15-5-6-17(16(11-15)24-30-32-33-31-24)29-25(35)19-10-14-2-1-3-18(23(14)28-19)27-22(34)9-13-4-7-20-21(8-13)37-12-36-20/h1-8,10-11,28H,9,12H2,(H,27,34)(H,29,35)(H,30,31,32,33). The molecule has 0 unspecified atom stereocenters. The van der Waals surface area contributed by atoms with Crippen molar-refractivity contribution in [1.29, 1.82) is 0 Å². The highest BCUT2D eigenvalue weighted by Crippen LogP contribution is 2.33. The first-order valence-electron chi connectivity index (χ1n) is 11.2. The minimum Gasteiger partial charge on any atom is -0.454 e. The summed E-state index contributed by atoms with van der Waals surface area (Å²) in [4.78, 5) is 29.1. The van der Waals surface area contributed by atoms with Crippen molar-refractivity contribution in [3.05, 3.63) is 76.4 Å². The first-order chi connectivity index (χ1) is 18.0. The molecule has 0 radical (unpaired) electrons. The van der Waals surface area contributed by atoms with Crippen molar-refractivity contribution in [3.63, 3.8) is 0 Å². The number of ether oxygens (including phenoxy) is 2. The average Bonchev–Trinajstić information content (AvgIpc) is 3.65. The molecule has 11 nitrogen and oxygen atoms in total. The lowest BCUT2D eigenvalue weighted by Crippen LogP contribution is -2.15. The number of H-pyrrole nitrogens is 2. The molecule has 3 aromatic carbocycles. The van der Waals surface area contributed by atoms with Gasteiger partial charge in [-0.05, 0) is 58.5 Å². The molecule has 12 heteroatoms. The Morgan fingerprint density at radius 2 is 1.86 bits per heavy atom. The molecule has 2 aromatic heterocycles. The Morgan fingerprint density at radius 1 is 0.973 bits per heavy atom. The number of aromatic amines is 2. The van der Waals surface area contributed by atoms with Gasteiger partial charge in [-0.25, -0.2) is 5.10 Å². The van der Waals surface area contributed by atoms with Crippen LogP contribution < -0.4 is 20.1 Å². The van der Waals surface area contributed by atoms with Crippen molar-refractivity contribution in [2.24, 2.45) is 0 Å². The van der Waals surface area contributed by atoms with Crippen LogP contribution in [0.25, 0.3) is 22.3 Å². The summed E-state index contributed by atoms with van der Waals surface area (Å²) in [6, 6.07) is 18.0. The van der Waals surface area contributed by atoms with Gasteiger partial charge in [0.1, 0.15) is 5.69 Å². The summed E-state index contributed by atoms with van der Waals surface area (Å²) >= 11 is 3.43. The van der Waals surface area contributed by atoms with E-state index in [2.05, 4.69) is 52.2 Å². The van der Waals surface area contributed by atoms with Gasteiger partial charge in [0.25, 0.3) is 5.91 Å². The van der Waals surface area contributed by atoms with Crippen LogP contribution in [-0.4, -0.2) is 44.2 Å². The molecule has 0 bridgehead atoms. The number of amides is 2. The Labute approximate surface area is 217 Å². The van der Waals surface area contributed by atoms with E-state index in [1.807, 2.05) is 24.3 Å². The zero-order valence-electron chi connectivity index (χ0n) is 19.0. The van der Waals surface area contributed by atoms with Crippen LogP contribution in [0.15, 0.2) is 65.1 Å². The molecule has 37 heavy (non-hydrogen) atoms. The van der Waals surface area contributed by atoms with Gasteiger partial charge in [-0.2, -0.15) is 0 Å². The summed E-state index contributed by atoms with van der Waals surface area (Å²) in [6.07, 6.45) is 0.157. The summed E-state index contributed by atoms with van der Waals surface area (Å²) in [5.74, 6) is 1.15. The number of tetrazole rings is 1. The number of hydrogen-bond acceptors (Lipinski definition) is 7. The number of benzene rings is 3. The highest BCUT2D eigenvalue weighted by atomic mass is 79.9. The third-order valence-corrected chi connectivity index (χ3v) is 6.30. The van der Waals surface area contributed by atoms with Gasteiger partial charge in [0.05, 0.1) is 23.3 Å². The second-order valence-corrected chi connectivity index (χ2v) is 9.17. The van der Waals surface area contributed by atoms with Gasteiger partial charge in [-0.15, -0.1) is 5.10 Å². The fourth-order valence-corrected chi connectivity index (χ4v) is 4.46. The molecule has 6 rings (SSSR count). The molecule has 0 aliphatic carbocycles. The van der Waals surface area contributed by atoms with E-state index >= 15 is 0 Å². The molecule has 0 atom stereocenters. The number of hydrogen-bond donors (Lipinski definition) is 4. The smallest absolute Gasteiger partial charge is 0.272 e. The van der Waals surface area contributed by atoms with Gasteiger partial charge in [0, 0.05) is 15.4 Å². The van der Waals surface area contributed by atoms with Crippen LogP contribution in [0.5, 0.6) is 11.5 Å². The predicted molar refractivity (Wildman–Crippen MR) is 138 cm³/mol. The molecule has 1 aliphatic rings. The van der Waals surface area contributed by atoms with Gasteiger partial charge in [0.2, 0.25) is 12.7 Å². The molecule has 0 spiro atoms. The molecule has 184 valence electrons. The van der Waals surface area contributed by atoms with Crippen LogP contribution in [-0.2, 0) is 11.2 Å². The van der Waals surface area contributed by atoms with Crippen LogP contribution in [0.2, 0.25) is 0 Å². The number of nitrogens with one attached hydrogen (secondary N) is 4. The Kier molecular flexibility index (Phi) is 5.77. The predicted octanol–water partition coefficient (Wildman–Crippen LogP) is 4.27. The third kappa shape index (κ3) is 4.61. The average molecular weight is 560 g/mol. The summed E-state index contributed by atoms with van der Waals surface area (Å²) < 4.78 is 11.5. The number of carbonyl (C=O) groups excluding carboxylic acids is 2. The van der Waals surface area contributed by atoms with E-state index in [0.717, 1.165) is 15.4 Å². The van der Waals surface area contributed by atoms with E-state index in [1.165, 1.54) is 0 Å². The van der Waals surface area contributed by atoms with Crippen LogP contribution in [0.1, 0.15) is 16.1 Å². The minimum atomic E-state index is -0.357. The molecule has 0 saturated carbocycles. The number of nitrogens with zero attached hydrogens (tertiary/aromatic N) is 3. The Bertz CT molecular complexity index is 1650. The largest absolute Gasteiger partial charge is 0.454 e. The van der Waals surface area contributed by atoms with Gasteiger partial charge in [-0.1, -0.05) is 34.1 Å². The lowest BCUT2D eigenvalue weighted by atomic mass is 10.1. The molecule has 4 N–H and O–H groups in total. The first kappa shape index (κ1) is 22.7. The minimum absolute atomic E-state index is 0.157. The molecule has 0 saturated heterocycles. The summed E-state index contributed by atoms with van der Waals surface area (Å²) in [7, 11) is 0. The molecule has 5 aromatic rings. The number of rotatable bonds is 6. The van der Waals surface area contributed by atoms with E-state index in [4.69, 9.17) is 9.47 Å². The Morgan fingerprint density at radius 3 is 2.73 bits per heavy atom. The van der Waals surface area contributed by atoms with E-state index in [9.17, 15) is 9.59 Å².